The fourth-order valence-electron chi connectivity index (χ4n) is 2.17. The van der Waals surface area contributed by atoms with Gasteiger partial charge in [0, 0.05) is 0 Å². The molecule has 0 aliphatic heterocycles. The average Bonchev–Trinajstić information content (AvgIpc) is 2.39. The van der Waals surface area contributed by atoms with Crippen molar-refractivity contribution in [3.8, 4) is 0 Å². The third kappa shape index (κ3) is 15.1. The highest BCUT2D eigenvalue weighted by Gasteiger charge is 2.24. The normalized spacial score (nSPS) is 13.6. The monoisotopic (exact) mass is 326 g/mol. The zero-order chi connectivity index (χ0) is 17.7. The van der Waals surface area contributed by atoms with E-state index in [1.54, 1.807) is 0 Å². The topological polar surface area (TPSA) is 63.6 Å². The van der Waals surface area contributed by atoms with E-state index in [0.29, 0.717) is 11.0 Å². The Labute approximate surface area is 140 Å². The van der Waals surface area contributed by atoms with Crippen LogP contribution >= 0.6 is 0 Å². The van der Waals surface area contributed by atoms with Gasteiger partial charge >= 0.3 is 11.9 Å². The SMILES string of the molecule is C/C=C/CCCC/C=C/CC(=O)OC(CC(=O)O)C[N+](C)(C)C. The fraction of sp³-hybridized carbons (Fsp3) is 0.667. The second kappa shape index (κ2) is 11.9. The van der Waals surface area contributed by atoms with Crippen LogP contribution in [0.2, 0.25) is 0 Å². The van der Waals surface area contributed by atoms with Crippen molar-refractivity contribution < 1.29 is 23.9 Å². The number of esters is 1. The smallest absolute Gasteiger partial charge is 0.310 e. The van der Waals surface area contributed by atoms with E-state index in [0.717, 1.165) is 25.7 Å². The lowest BCUT2D eigenvalue weighted by molar-refractivity contribution is -0.873. The zero-order valence-electron chi connectivity index (χ0n) is 15.0. The van der Waals surface area contributed by atoms with E-state index < -0.39 is 12.1 Å². The number of likely N-dealkylation sites (N-methyl/N-ethyl adjacent to an activating group) is 1. The van der Waals surface area contributed by atoms with Crippen molar-refractivity contribution in [1.29, 1.82) is 0 Å². The van der Waals surface area contributed by atoms with Crippen molar-refractivity contribution in [2.24, 2.45) is 0 Å². The summed E-state index contributed by atoms with van der Waals surface area (Å²) in [5, 5.41) is 8.91. The van der Waals surface area contributed by atoms with Crippen LogP contribution in [0.4, 0.5) is 0 Å². The first-order valence-corrected chi connectivity index (χ1v) is 8.22. The second-order valence-electron chi connectivity index (χ2n) is 6.71. The molecule has 0 saturated heterocycles. The maximum atomic E-state index is 11.8. The maximum absolute atomic E-state index is 11.8. The highest BCUT2D eigenvalue weighted by atomic mass is 16.5. The number of aliphatic carboxylic acids is 1. The standard InChI is InChI=1S/C18H31NO4/c1-5-6-7-8-9-10-11-12-13-18(22)23-16(14-17(20)21)15-19(2,3)4/h5-6,11-12,16H,7-10,13-15H2,1-4H3/p+1/b6-5+,12-11+. The largest absolute Gasteiger partial charge is 0.481 e. The molecule has 5 heteroatoms. The Bertz CT molecular complexity index is 408. The Morgan fingerprint density at radius 1 is 1.09 bits per heavy atom. The number of carbonyl (C=O) groups is 2. The second-order valence-corrected chi connectivity index (χ2v) is 6.71. The van der Waals surface area contributed by atoms with E-state index in [9.17, 15) is 9.59 Å². The molecule has 1 atom stereocenters. The summed E-state index contributed by atoms with van der Waals surface area (Å²) in [5.74, 6) is -1.32. The summed E-state index contributed by atoms with van der Waals surface area (Å²) in [5.41, 5.74) is 0. The first-order chi connectivity index (χ1) is 10.7. The molecule has 0 aromatic rings. The number of allylic oxidation sites excluding steroid dienone is 3. The lowest BCUT2D eigenvalue weighted by Crippen LogP contribution is -2.43. The van der Waals surface area contributed by atoms with Crippen LogP contribution in [-0.2, 0) is 14.3 Å². The quantitative estimate of drug-likeness (QED) is 0.259. The van der Waals surface area contributed by atoms with Gasteiger partial charge in [-0.05, 0) is 32.6 Å². The highest BCUT2D eigenvalue weighted by molar-refractivity contribution is 5.72. The van der Waals surface area contributed by atoms with E-state index in [1.165, 1.54) is 0 Å². The number of quaternary nitrogens is 1. The predicted octanol–water partition coefficient (Wildman–Crippen LogP) is 3.16. The fourth-order valence-corrected chi connectivity index (χ4v) is 2.17. The summed E-state index contributed by atoms with van der Waals surface area (Å²) < 4.78 is 5.85. The third-order valence-electron chi connectivity index (χ3n) is 3.13. The van der Waals surface area contributed by atoms with Gasteiger partial charge in [0.05, 0.1) is 34.0 Å². The van der Waals surface area contributed by atoms with Crippen LogP contribution in [0.25, 0.3) is 0 Å². The van der Waals surface area contributed by atoms with Gasteiger partial charge in [-0.25, -0.2) is 0 Å². The molecule has 0 aromatic carbocycles. The molecule has 0 saturated carbocycles. The Balaban J connectivity index is 4.09. The first-order valence-electron chi connectivity index (χ1n) is 8.22. The summed E-state index contributed by atoms with van der Waals surface area (Å²) in [7, 11) is 5.82. The van der Waals surface area contributed by atoms with Gasteiger partial charge in [0.15, 0.2) is 6.10 Å². The molecule has 5 nitrogen and oxygen atoms in total. The highest BCUT2D eigenvalue weighted by Crippen LogP contribution is 2.07. The zero-order valence-corrected chi connectivity index (χ0v) is 15.0. The van der Waals surface area contributed by atoms with Gasteiger partial charge in [-0.15, -0.1) is 0 Å². The number of carbonyl (C=O) groups excluding carboxylic acids is 1. The van der Waals surface area contributed by atoms with Crippen molar-refractivity contribution in [1.82, 2.24) is 0 Å². The molecule has 1 N–H and O–H groups in total. The Kier molecular flexibility index (Phi) is 11.0. The first kappa shape index (κ1) is 21.4. The molecule has 0 heterocycles. The van der Waals surface area contributed by atoms with Crippen LogP contribution in [0.3, 0.4) is 0 Å². The number of carboxylic acid groups (broad SMARTS) is 1. The number of unbranched alkanes of at least 4 members (excludes halogenated alkanes) is 3. The summed E-state index contributed by atoms with van der Waals surface area (Å²) in [6, 6.07) is 0. The average molecular weight is 326 g/mol. The molecule has 0 aliphatic carbocycles. The summed E-state index contributed by atoms with van der Waals surface area (Å²) in [6.07, 6.45) is 11.7. The van der Waals surface area contributed by atoms with E-state index >= 15 is 0 Å². The van der Waals surface area contributed by atoms with Crippen LogP contribution in [0, 0.1) is 0 Å². The van der Waals surface area contributed by atoms with Crippen LogP contribution in [-0.4, -0.2) is 55.3 Å². The number of ether oxygens (including phenoxy) is 1. The van der Waals surface area contributed by atoms with Gasteiger partial charge in [-0.3, -0.25) is 9.59 Å². The van der Waals surface area contributed by atoms with E-state index in [-0.39, 0.29) is 18.8 Å². The molecule has 0 fully saturated rings. The number of carboxylic acids is 1. The van der Waals surface area contributed by atoms with Crippen LogP contribution < -0.4 is 0 Å². The van der Waals surface area contributed by atoms with Crippen molar-refractivity contribution in [2.45, 2.75) is 51.6 Å². The van der Waals surface area contributed by atoms with E-state index in [4.69, 9.17) is 9.84 Å². The van der Waals surface area contributed by atoms with Crippen molar-refractivity contribution in [3.05, 3.63) is 24.3 Å². The van der Waals surface area contributed by atoms with Gasteiger partial charge in [-0.1, -0.05) is 24.3 Å². The molecule has 0 radical (unpaired) electrons. The lowest BCUT2D eigenvalue weighted by atomic mass is 10.1. The summed E-state index contributed by atoms with van der Waals surface area (Å²) in [4.78, 5) is 22.7. The molecule has 0 amide bonds. The van der Waals surface area contributed by atoms with Crippen LogP contribution in [0.1, 0.15) is 45.4 Å². The van der Waals surface area contributed by atoms with E-state index in [1.807, 2.05) is 40.2 Å². The number of rotatable bonds is 12. The molecule has 132 valence electrons. The molecule has 0 aromatic heterocycles. The molecule has 0 rings (SSSR count). The van der Waals surface area contributed by atoms with Crippen molar-refractivity contribution in [3.63, 3.8) is 0 Å². The molecule has 0 aliphatic rings. The predicted molar refractivity (Wildman–Crippen MR) is 92.1 cm³/mol. The number of nitrogens with zero attached hydrogens (tertiary/aromatic N) is 1. The maximum Gasteiger partial charge on any atom is 0.310 e. The Morgan fingerprint density at radius 2 is 1.70 bits per heavy atom. The van der Waals surface area contributed by atoms with Crippen molar-refractivity contribution >= 4 is 11.9 Å². The van der Waals surface area contributed by atoms with Crippen LogP contribution in [0.5, 0.6) is 0 Å². The number of hydrogen-bond donors (Lipinski definition) is 1. The molecule has 0 spiro atoms. The van der Waals surface area contributed by atoms with Crippen LogP contribution in [0.15, 0.2) is 24.3 Å². The molecule has 23 heavy (non-hydrogen) atoms. The minimum Gasteiger partial charge on any atom is -0.481 e. The summed E-state index contributed by atoms with van der Waals surface area (Å²) >= 11 is 0. The molecule has 0 bridgehead atoms. The lowest BCUT2D eigenvalue weighted by Gasteiger charge is -2.28. The Hall–Kier alpha value is -1.62. The summed E-state index contributed by atoms with van der Waals surface area (Å²) in [6.45, 7) is 2.49. The van der Waals surface area contributed by atoms with Gasteiger partial charge in [-0.2, -0.15) is 0 Å². The minimum absolute atomic E-state index is 0.157. The third-order valence-corrected chi connectivity index (χ3v) is 3.13. The molecular weight excluding hydrogens is 294 g/mol. The van der Waals surface area contributed by atoms with Gasteiger partial charge in [0.25, 0.3) is 0 Å². The van der Waals surface area contributed by atoms with Crippen molar-refractivity contribution in [2.75, 3.05) is 27.7 Å². The molecular formula is C18H32NO4+. The Morgan fingerprint density at radius 3 is 2.22 bits per heavy atom. The molecule has 1 unspecified atom stereocenters. The van der Waals surface area contributed by atoms with E-state index in [2.05, 4.69) is 12.2 Å². The van der Waals surface area contributed by atoms with Gasteiger partial charge in [0.1, 0.15) is 6.54 Å². The van der Waals surface area contributed by atoms with Gasteiger partial charge < -0.3 is 14.3 Å². The minimum atomic E-state index is -0.951. The number of hydrogen-bond acceptors (Lipinski definition) is 3. The van der Waals surface area contributed by atoms with Gasteiger partial charge in [0.2, 0.25) is 0 Å².